The molecule has 1 aliphatic heterocycles. The second-order valence-electron chi connectivity index (χ2n) is 9.43. The number of rotatable bonds is 6. The van der Waals surface area contributed by atoms with Crippen LogP contribution in [-0.2, 0) is 0 Å². The number of methoxy groups -OCH3 is 1. The van der Waals surface area contributed by atoms with Crippen molar-refractivity contribution in [1.29, 1.82) is 0 Å². The van der Waals surface area contributed by atoms with Gasteiger partial charge in [0, 0.05) is 27.8 Å². The van der Waals surface area contributed by atoms with Crippen molar-refractivity contribution < 1.29 is 14.3 Å². The van der Waals surface area contributed by atoms with Crippen LogP contribution in [0.15, 0.2) is 102 Å². The Morgan fingerprint density at radius 2 is 1.54 bits per heavy atom. The molecule has 6 rings (SSSR count). The third-order valence-corrected chi connectivity index (χ3v) is 7.73. The molecule has 0 aliphatic carbocycles. The summed E-state index contributed by atoms with van der Waals surface area (Å²) in [7, 11) is 1.64. The Balaban J connectivity index is 1.38. The Labute approximate surface area is 250 Å². The van der Waals surface area contributed by atoms with Gasteiger partial charge in [-0.2, -0.15) is 0 Å². The van der Waals surface area contributed by atoms with Crippen LogP contribution < -0.4 is 10.1 Å². The molecule has 2 heterocycles. The van der Waals surface area contributed by atoms with Crippen molar-refractivity contribution in [2.24, 2.45) is 4.99 Å². The summed E-state index contributed by atoms with van der Waals surface area (Å²) < 4.78 is 8.32. The van der Waals surface area contributed by atoms with Gasteiger partial charge in [0.05, 0.1) is 22.1 Å². The maximum absolute atomic E-state index is 13.5. The van der Waals surface area contributed by atoms with Gasteiger partial charge >= 0.3 is 0 Å². The zero-order valence-electron chi connectivity index (χ0n) is 22.2. The van der Waals surface area contributed by atoms with Crippen LogP contribution >= 0.6 is 22.6 Å². The van der Waals surface area contributed by atoms with Gasteiger partial charge in [0.1, 0.15) is 11.6 Å². The molecule has 0 spiro atoms. The van der Waals surface area contributed by atoms with E-state index >= 15 is 0 Å². The Bertz CT molecular complexity index is 1810. The number of ether oxygens (including phenoxy) is 1. The molecule has 0 fully saturated rings. The molecule has 5 aromatic rings. The standard InChI is InChI=1S/C32H24IN5O3/c1-19-36-37-31-30(35-32(40)22-14-12-21(13-15-22)29(39)20-8-4-3-5-9-20)34-28(23-16-17-27(41-2)25(33)18-23)24-10-6-7-11-26(24)38(19)31/h3-18,30H,1-2H3,(H,35,40). The van der Waals surface area contributed by atoms with E-state index in [9.17, 15) is 9.59 Å². The third-order valence-electron chi connectivity index (χ3n) is 6.89. The highest BCUT2D eigenvalue weighted by atomic mass is 127. The molecule has 41 heavy (non-hydrogen) atoms. The summed E-state index contributed by atoms with van der Waals surface area (Å²) >= 11 is 2.24. The van der Waals surface area contributed by atoms with E-state index in [-0.39, 0.29) is 11.7 Å². The molecule has 1 N–H and O–H groups in total. The lowest BCUT2D eigenvalue weighted by molar-refractivity contribution is 0.0935. The molecule has 8 nitrogen and oxygen atoms in total. The lowest BCUT2D eigenvalue weighted by atomic mass is 10.0. The Morgan fingerprint density at radius 3 is 2.27 bits per heavy atom. The average Bonchev–Trinajstić information content (AvgIpc) is 3.33. The Kier molecular flexibility index (Phi) is 7.19. The van der Waals surface area contributed by atoms with Gasteiger partial charge in [-0.05, 0) is 65.9 Å². The van der Waals surface area contributed by atoms with E-state index in [1.165, 1.54) is 0 Å². The average molecular weight is 653 g/mol. The van der Waals surface area contributed by atoms with Crippen molar-refractivity contribution in [3.05, 3.63) is 140 Å². The first-order valence-corrected chi connectivity index (χ1v) is 14.0. The van der Waals surface area contributed by atoms with Gasteiger partial charge in [0.15, 0.2) is 17.8 Å². The van der Waals surface area contributed by atoms with Crippen LogP contribution in [0.5, 0.6) is 5.75 Å². The second-order valence-corrected chi connectivity index (χ2v) is 10.6. The monoisotopic (exact) mass is 653 g/mol. The summed E-state index contributed by atoms with van der Waals surface area (Å²) in [5.74, 6) is 1.49. The SMILES string of the molecule is COc1ccc(C2=NC(NC(=O)c3ccc(C(=O)c4ccccc4)cc3)c3nnc(C)n3-c3ccccc32)cc1I. The number of aryl methyl sites for hydroxylation is 1. The van der Waals surface area contributed by atoms with Gasteiger partial charge in [-0.25, -0.2) is 0 Å². The predicted octanol–water partition coefficient (Wildman–Crippen LogP) is 5.70. The summed E-state index contributed by atoms with van der Waals surface area (Å²) in [4.78, 5) is 31.4. The normalized spacial score (nSPS) is 13.8. The lowest BCUT2D eigenvalue weighted by Crippen LogP contribution is -2.29. The molecule has 0 bridgehead atoms. The fourth-order valence-electron chi connectivity index (χ4n) is 4.86. The number of hydrogen-bond donors (Lipinski definition) is 1. The fraction of sp³-hybridized carbons (Fsp3) is 0.0938. The number of carbonyl (C=O) groups is 2. The lowest BCUT2D eigenvalue weighted by Gasteiger charge is -2.15. The van der Waals surface area contributed by atoms with E-state index in [2.05, 4.69) is 38.1 Å². The highest BCUT2D eigenvalue weighted by Crippen LogP contribution is 2.31. The first-order valence-electron chi connectivity index (χ1n) is 12.9. The van der Waals surface area contributed by atoms with Crippen LogP contribution in [-0.4, -0.2) is 39.3 Å². The third kappa shape index (κ3) is 5.04. The predicted molar refractivity (Wildman–Crippen MR) is 164 cm³/mol. The van der Waals surface area contributed by atoms with Crippen LogP contribution in [0.3, 0.4) is 0 Å². The number of carbonyl (C=O) groups excluding carboxylic acids is 2. The van der Waals surface area contributed by atoms with Crippen LogP contribution in [0.25, 0.3) is 5.69 Å². The number of benzene rings is 4. The van der Waals surface area contributed by atoms with Crippen LogP contribution in [0.2, 0.25) is 0 Å². The van der Waals surface area contributed by atoms with Crippen molar-refractivity contribution in [1.82, 2.24) is 20.1 Å². The number of para-hydroxylation sites is 1. The van der Waals surface area contributed by atoms with Gasteiger partial charge in [-0.15, -0.1) is 10.2 Å². The zero-order chi connectivity index (χ0) is 28.5. The molecule has 4 aromatic carbocycles. The number of halogens is 1. The van der Waals surface area contributed by atoms with E-state index in [1.54, 1.807) is 43.5 Å². The molecule has 1 amide bonds. The number of amides is 1. The van der Waals surface area contributed by atoms with Crippen molar-refractivity contribution in [3.63, 3.8) is 0 Å². The topological polar surface area (TPSA) is 98.5 Å². The fourth-order valence-corrected chi connectivity index (χ4v) is 5.59. The molecule has 1 aliphatic rings. The minimum Gasteiger partial charge on any atom is -0.496 e. The zero-order valence-corrected chi connectivity index (χ0v) is 24.4. The largest absolute Gasteiger partial charge is 0.496 e. The number of aromatic nitrogens is 3. The first-order chi connectivity index (χ1) is 19.9. The van der Waals surface area contributed by atoms with Gasteiger partial charge in [0.25, 0.3) is 5.91 Å². The molecule has 0 radical (unpaired) electrons. The number of fused-ring (bicyclic) bond motifs is 3. The molecule has 0 saturated heterocycles. The van der Waals surface area contributed by atoms with E-state index in [0.29, 0.717) is 34.1 Å². The molecular formula is C32H24IN5O3. The number of ketones is 1. The molecule has 1 unspecified atom stereocenters. The highest BCUT2D eigenvalue weighted by Gasteiger charge is 2.29. The first kappa shape index (κ1) is 26.6. The minimum atomic E-state index is -0.823. The molecule has 1 atom stereocenters. The van der Waals surface area contributed by atoms with Crippen molar-refractivity contribution in [2.45, 2.75) is 13.1 Å². The van der Waals surface area contributed by atoms with Crippen molar-refractivity contribution in [3.8, 4) is 11.4 Å². The number of nitrogens with one attached hydrogen (secondary N) is 1. The van der Waals surface area contributed by atoms with Crippen molar-refractivity contribution in [2.75, 3.05) is 7.11 Å². The van der Waals surface area contributed by atoms with Gasteiger partial charge in [-0.3, -0.25) is 19.1 Å². The number of aliphatic imine (C=N–C) groups is 1. The smallest absolute Gasteiger partial charge is 0.253 e. The summed E-state index contributed by atoms with van der Waals surface area (Å²) in [6.07, 6.45) is -0.823. The van der Waals surface area contributed by atoms with Crippen molar-refractivity contribution >= 4 is 40.0 Å². The molecule has 0 saturated carbocycles. The summed E-state index contributed by atoms with van der Waals surface area (Å²) in [6, 6.07) is 29.4. The maximum Gasteiger partial charge on any atom is 0.253 e. The quantitative estimate of drug-likeness (QED) is 0.187. The van der Waals surface area contributed by atoms with Gasteiger partial charge in [-0.1, -0.05) is 60.7 Å². The summed E-state index contributed by atoms with van der Waals surface area (Å²) in [5, 5.41) is 11.7. The summed E-state index contributed by atoms with van der Waals surface area (Å²) in [6.45, 7) is 1.87. The van der Waals surface area contributed by atoms with Crippen LogP contribution in [0.1, 0.15) is 55.2 Å². The number of nitrogens with zero attached hydrogens (tertiary/aromatic N) is 4. The molecular weight excluding hydrogens is 629 g/mol. The molecule has 9 heteroatoms. The highest BCUT2D eigenvalue weighted by molar-refractivity contribution is 14.1. The minimum absolute atomic E-state index is 0.106. The van der Waals surface area contributed by atoms with Gasteiger partial charge in [0.2, 0.25) is 0 Å². The Hall–Kier alpha value is -4.64. The van der Waals surface area contributed by atoms with Crippen LogP contribution in [0.4, 0.5) is 0 Å². The van der Waals surface area contributed by atoms with E-state index in [0.717, 1.165) is 26.1 Å². The Morgan fingerprint density at radius 1 is 0.854 bits per heavy atom. The van der Waals surface area contributed by atoms with E-state index < -0.39 is 6.17 Å². The summed E-state index contributed by atoms with van der Waals surface area (Å²) in [5.41, 5.74) is 4.83. The molecule has 202 valence electrons. The number of hydrogen-bond acceptors (Lipinski definition) is 6. The van der Waals surface area contributed by atoms with Crippen LogP contribution in [0, 0.1) is 10.5 Å². The van der Waals surface area contributed by atoms with E-state index in [4.69, 9.17) is 9.73 Å². The van der Waals surface area contributed by atoms with Gasteiger partial charge < -0.3 is 10.1 Å². The second kappa shape index (κ2) is 11.1. The molecule has 1 aromatic heterocycles. The maximum atomic E-state index is 13.5. The van der Waals surface area contributed by atoms with E-state index in [1.807, 2.05) is 72.2 Å².